The largest absolute Gasteiger partial charge is 0.443 e. The summed E-state index contributed by atoms with van der Waals surface area (Å²) in [4.78, 5) is 1.96. The number of hydrogen-bond donors (Lipinski definition) is 1. The molecule has 0 unspecified atom stereocenters. The van der Waals surface area contributed by atoms with Gasteiger partial charge in [0.05, 0.1) is 12.6 Å². The molecule has 0 radical (unpaired) electrons. The summed E-state index contributed by atoms with van der Waals surface area (Å²) in [5, 5.41) is 0. The summed E-state index contributed by atoms with van der Waals surface area (Å²) in [6, 6.07) is 2.80. The van der Waals surface area contributed by atoms with Gasteiger partial charge in [0.1, 0.15) is 12.7 Å². The van der Waals surface area contributed by atoms with E-state index < -0.39 is 0 Å². The maximum atomic E-state index is 5.31. The molecule has 0 spiro atoms. The zero-order valence-corrected chi connectivity index (χ0v) is 5.26. The van der Waals surface area contributed by atoms with E-state index in [1.165, 1.54) is 0 Å². The normalized spacial score (nSPS) is 15.9. The molecule has 0 aromatic carbocycles. The second-order valence-corrected chi connectivity index (χ2v) is 1.84. The van der Waals surface area contributed by atoms with Gasteiger partial charge in [-0.2, -0.15) is 0 Å². The Labute approximate surface area is 54.8 Å². The van der Waals surface area contributed by atoms with Crippen LogP contribution in [-0.4, -0.2) is 31.1 Å². The monoisotopic (exact) mass is 126 g/mol. The van der Waals surface area contributed by atoms with Crippen molar-refractivity contribution in [3.63, 3.8) is 0 Å². The summed E-state index contributed by atoms with van der Waals surface area (Å²) < 4.78 is 4.80. The highest BCUT2D eigenvalue weighted by Crippen LogP contribution is 1.88. The van der Waals surface area contributed by atoms with Gasteiger partial charge in [0.25, 0.3) is 0 Å². The van der Waals surface area contributed by atoms with Crippen LogP contribution in [0.5, 0.6) is 0 Å². The fraction of sp³-hybridized carbons (Fsp3) is 0.667. The molecule has 2 N–H and O–H groups in total. The van der Waals surface area contributed by atoms with Crippen molar-refractivity contribution >= 4 is 0 Å². The summed E-state index contributed by atoms with van der Waals surface area (Å²) in [7, 11) is 0. The van der Waals surface area contributed by atoms with E-state index in [1.54, 1.807) is 0 Å². The lowest BCUT2D eigenvalue weighted by molar-refractivity contribution is 0.212. The fourth-order valence-electron chi connectivity index (χ4n) is 0.683. The van der Waals surface area contributed by atoms with Crippen LogP contribution in [0.15, 0.2) is 0 Å². The molecular weight excluding hydrogens is 116 g/mol. The van der Waals surface area contributed by atoms with Crippen molar-refractivity contribution in [1.82, 2.24) is 4.90 Å². The Hall–Kier alpha value is -0.880. The van der Waals surface area contributed by atoms with E-state index in [0.29, 0.717) is 13.2 Å². The van der Waals surface area contributed by atoms with Crippen LogP contribution in [0.4, 0.5) is 0 Å². The van der Waals surface area contributed by atoms with E-state index in [1.807, 2.05) is 4.90 Å². The zero-order chi connectivity index (χ0) is 6.53. The molecule has 0 fully saturated rings. The third-order valence-electron chi connectivity index (χ3n) is 1.14. The van der Waals surface area contributed by atoms with E-state index in [9.17, 15) is 0 Å². The second-order valence-electron chi connectivity index (χ2n) is 1.84. The first-order valence-corrected chi connectivity index (χ1v) is 3.01. The van der Waals surface area contributed by atoms with Gasteiger partial charge in [-0.25, -0.2) is 0 Å². The average molecular weight is 126 g/mol. The number of ether oxygens (including phenoxy) is 1. The van der Waals surface area contributed by atoms with Gasteiger partial charge in [0.2, 0.25) is 0 Å². The van der Waals surface area contributed by atoms with E-state index in [-0.39, 0.29) is 0 Å². The molecule has 3 nitrogen and oxygen atoms in total. The van der Waals surface area contributed by atoms with Crippen molar-refractivity contribution in [2.24, 2.45) is 5.73 Å². The average Bonchev–Trinajstić information content (AvgIpc) is 1.91. The maximum absolute atomic E-state index is 5.31. The van der Waals surface area contributed by atoms with E-state index in [4.69, 9.17) is 10.5 Å². The Bertz CT molecular complexity index is 136. The van der Waals surface area contributed by atoms with Crippen molar-refractivity contribution in [2.45, 2.75) is 0 Å². The van der Waals surface area contributed by atoms with Crippen LogP contribution in [0.1, 0.15) is 0 Å². The van der Waals surface area contributed by atoms with Gasteiger partial charge < -0.3 is 15.4 Å². The second kappa shape index (κ2) is 3.21. The zero-order valence-electron chi connectivity index (χ0n) is 5.26. The number of rotatable bonds is 2. The molecule has 3 heteroatoms. The van der Waals surface area contributed by atoms with Gasteiger partial charge in [0, 0.05) is 13.1 Å². The first kappa shape index (κ1) is 6.24. The first-order chi connectivity index (χ1) is 4.43. The Morgan fingerprint density at radius 2 is 2.56 bits per heavy atom. The molecule has 0 aromatic rings. The summed E-state index contributed by atoms with van der Waals surface area (Å²) >= 11 is 0. The lowest BCUT2D eigenvalue weighted by Gasteiger charge is -2.17. The van der Waals surface area contributed by atoms with E-state index >= 15 is 0 Å². The summed E-state index contributed by atoms with van der Waals surface area (Å²) in [6.07, 6.45) is 2.54. The van der Waals surface area contributed by atoms with Crippen LogP contribution in [0.3, 0.4) is 0 Å². The van der Waals surface area contributed by atoms with Crippen LogP contribution < -0.4 is 5.73 Å². The summed E-state index contributed by atoms with van der Waals surface area (Å²) in [6.45, 7) is 3.09. The molecule has 0 aliphatic carbocycles. The molecule has 0 atom stereocenters. The fourth-order valence-corrected chi connectivity index (χ4v) is 0.683. The van der Waals surface area contributed by atoms with Crippen LogP contribution in [0.2, 0.25) is 0 Å². The molecule has 1 rings (SSSR count). The van der Waals surface area contributed by atoms with Gasteiger partial charge >= 0.3 is 0 Å². The minimum Gasteiger partial charge on any atom is -0.443 e. The Balaban J connectivity index is 2.28. The first-order valence-electron chi connectivity index (χ1n) is 3.01. The smallest absolute Gasteiger partial charge is 0.133 e. The van der Waals surface area contributed by atoms with Gasteiger partial charge in [-0.05, 0) is 0 Å². The van der Waals surface area contributed by atoms with Gasteiger partial charge in [-0.1, -0.05) is 0 Å². The lowest BCUT2D eigenvalue weighted by atomic mass is 10.5. The highest BCUT2D eigenvalue weighted by Gasteiger charge is 2.00. The van der Waals surface area contributed by atoms with Gasteiger partial charge in [0.15, 0.2) is 0 Å². The third kappa shape index (κ3) is 1.82. The molecule has 50 valence electrons. The summed E-state index contributed by atoms with van der Waals surface area (Å²) in [5.41, 5.74) is 5.31. The number of nitrogens with two attached hydrogens (primary N) is 1. The molecule has 1 aliphatic heterocycles. The van der Waals surface area contributed by atoms with Crippen molar-refractivity contribution in [3.8, 4) is 12.2 Å². The number of hydrogen-bond acceptors (Lipinski definition) is 3. The third-order valence-corrected chi connectivity index (χ3v) is 1.14. The molecule has 0 aromatic heterocycles. The molecule has 0 bridgehead atoms. The predicted octanol–water partition coefficient (Wildman–Crippen LogP) is -0.804. The van der Waals surface area contributed by atoms with Crippen molar-refractivity contribution in [1.29, 1.82) is 0 Å². The Morgan fingerprint density at radius 1 is 1.67 bits per heavy atom. The van der Waals surface area contributed by atoms with Gasteiger partial charge in [-0.3, -0.25) is 0 Å². The summed E-state index contributed by atoms with van der Waals surface area (Å²) in [5.74, 6) is 0. The minimum atomic E-state index is 0.661. The van der Waals surface area contributed by atoms with Crippen LogP contribution >= 0.6 is 0 Å². The molecule has 9 heavy (non-hydrogen) atoms. The van der Waals surface area contributed by atoms with Crippen LogP contribution in [0.25, 0.3) is 0 Å². The van der Waals surface area contributed by atoms with Gasteiger partial charge in [-0.15, -0.1) is 0 Å². The van der Waals surface area contributed by atoms with Crippen molar-refractivity contribution in [3.05, 3.63) is 0 Å². The maximum Gasteiger partial charge on any atom is 0.133 e. The molecule has 0 amide bonds. The Morgan fingerprint density at radius 3 is 3.11 bits per heavy atom. The predicted molar refractivity (Wildman–Crippen MR) is 34.4 cm³/mol. The highest BCUT2D eigenvalue weighted by molar-refractivity contribution is 4.94. The minimum absolute atomic E-state index is 0.661. The molecule has 1 aliphatic rings. The SMILES string of the molecule is NCCN1C#COCC1. The number of nitrogens with zero attached hydrogens (tertiary/aromatic N) is 1. The van der Waals surface area contributed by atoms with E-state index in [0.717, 1.165) is 13.1 Å². The molecule has 1 heterocycles. The van der Waals surface area contributed by atoms with Crippen LogP contribution in [-0.2, 0) is 4.74 Å². The Kier molecular flexibility index (Phi) is 2.22. The van der Waals surface area contributed by atoms with Crippen LogP contribution in [0, 0.1) is 12.2 Å². The highest BCUT2D eigenvalue weighted by atomic mass is 16.5. The standard InChI is InChI=1S/C6H10N2O/c7-1-2-8-3-5-9-6-4-8/h1-3,5,7H2. The van der Waals surface area contributed by atoms with Crippen molar-refractivity contribution < 1.29 is 4.74 Å². The molecule has 0 saturated carbocycles. The lowest BCUT2D eigenvalue weighted by Crippen LogP contribution is -2.30. The van der Waals surface area contributed by atoms with E-state index in [2.05, 4.69) is 12.2 Å². The quantitative estimate of drug-likeness (QED) is 0.492. The van der Waals surface area contributed by atoms with Crippen molar-refractivity contribution in [2.75, 3.05) is 26.2 Å². The molecular formula is C6H10N2O. The molecule has 0 saturated heterocycles. The topological polar surface area (TPSA) is 38.5 Å².